The summed E-state index contributed by atoms with van der Waals surface area (Å²) in [7, 11) is 1.61. The van der Waals surface area contributed by atoms with Gasteiger partial charge in [0, 0.05) is 23.6 Å². The van der Waals surface area contributed by atoms with Crippen molar-refractivity contribution in [1.82, 2.24) is 10.3 Å². The first kappa shape index (κ1) is 16.1. The lowest BCUT2D eigenvalue weighted by molar-refractivity contribution is -0.120. The van der Waals surface area contributed by atoms with Gasteiger partial charge in [-0.1, -0.05) is 36.4 Å². The average Bonchev–Trinajstić information content (AvgIpc) is 3.03. The summed E-state index contributed by atoms with van der Waals surface area (Å²) in [6, 6.07) is 15.0. The molecule has 5 heteroatoms. The number of hydrogen-bond donors (Lipinski definition) is 3. The molecule has 24 heavy (non-hydrogen) atoms. The monoisotopic (exact) mass is 324 g/mol. The highest BCUT2D eigenvalue weighted by atomic mass is 16.5. The molecular formula is C19H20N2O3. The molecule has 1 unspecified atom stereocenters. The molecule has 3 aromatic rings. The number of hydrogen-bond acceptors (Lipinski definition) is 3. The van der Waals surface area contributed by atoms with E-state index in [9.17, 15) is 9.90 Å². The first-order valence-electron chi connectivity index (χ1n) is 7.81. The van der Waals surface area contributed by atoms with E-state index < -0.39 is 6.10 Å². The van der Waals surface area contributed by atoms with Crippen molar-refractivity contribution in [3.05, 3.63) is 65.9 Å². The van der Waals surface area contributed by atoms with Gasteiger partial charge in [0.15, 0.2) is 0 Å². The van der Waals surface area contributed by atoms with Crippen molar-refractivity contribution in [3.8, 4) is 5.75 Å². The van der Waals surface area contributed by atoms with Crippen LogP contribution >= 0.6 is 0 Å². The summed E-state index contributed by atoms with van der Waals surface area (Å²) in [5.41, 5.74) is 2.59. The van der Waals surface area contributed by atoms with Gasteiger partial charge in [0.05, 0.1) is 19.6 Å². The minimum absolute atomic E-state index is 0.142. The van der Waals surface area contributed by atoms with Gasteiger partial charge in [-0.3, -0.25) is 4.79 Å². The highest BCUT2D eigenvalue weighted by molar-refractivity contribution is 5.93. The molecule has 0 saturated carbocycles. The Morgan fingerprint density at radius 3 is 2.75 bits per heavy atom. The van der Waals surface area contributed by atoms with E-state index in [4.69, 9.17) is 4.74 Å². The number of nitrogens with one attached hydrogen (secondary N) is 2. The number of benzene rings is 2. The number of carbonyl (C=O) groups excluding carboxylic acids is 1. The molecule has 5 nitrogen and oxygen atoms in total. The summed E-state index contributed by atoms with van der Waals surface area (Å²) < 4.78 is 5.37. The van der Waals surface area contributed by atoms with Crippen LogP contribution in [-0.2, 0) is 11.2 Å². The van der Waals surface area contributed by atoms with Crippen molar-refractivity contribution >= 4 is 16.8 Å². The summed E-state index contributed by atoms with van der Waals surface area (Å²) >= 11 is 0. The van der Waals surface area contributed by atoms with E-state index in [1.165, 1.54) is 0 Å². The molecule has 1 amide bonds. The molecule has 1 aromatic heterocycles. The largest absolute Gasteiger partial charge is 0.496 e. The van der Waals surface area contributed by atoms with Gasteiger partial charge in [-0.15, -0.1) is 0 Å². The molecule has 3 N–H and O–H groups in total. The topological polar surface area (TPSA) is 74.4 Å². The minimum atomic E-state index is -0.715. The molecule has 0 aliphatic heterocycles. The highest BCUT2D eigenvalue weighted by Crippen LogP contribution is 2.28. The van der Waals surface area contributed by atoms with Crippen LogP contribution in [0.4, 0.5) is 0 Å². The van der Waals surface area contributed by atoms with Crippen LogP contribution in [0.5, 0.6) is 5.75 Å². The normalized spacial score (nSPS) is 12.1. The van der Waals surface area contributed by atoms with Gasteiger partial charge in [0.2, 0.25) is 5.91 Å². The van der Waals surface area contributed by atoms with Crippen LogP contribution < -0.4 is 10.1 Å². The van der Waals surface area contributed by atoms with E-state index in [0.717, 1.165) is 27.8 Å². The molecule has 0 bridgehead atoms. The first-order valence-corrected chi connectivity index (χ1v) is 7.81. The number of methoxy groups -OCH3 is 1. The Balaban J connectivity index is 1.65. The standard InChI is InChI=1S/C19H20N2O3/c1-24-17-9-5-8-15-19(17)14(11-20-15)10-18(23)21-12-16(22)13-6-3-2-4-7-13/h2-9,11,16,20,22H,10,12H2,1H3,(H,21,23). The maximum Gasteiger partial charge on any atom is 0.224 e. The molecule has 124 valence electrons. The fourth-order valence-electron chi connectivity index (χ4n) is 2.77. The molecule has 0 radical (unpaired) electrons. The highest BCUT2D eigenvalue weighted by Gasteiger charge is 2.14. The fraction of sp³-hybridized carbons (Fsp3) is 0.211. The van der Waals surface area contributed by atoms with Crippen molar-refractivity contribution in [3.63, 3.8) is 0 Å². The summed E-state index contributed by atoms with van der Waals surface area (Å²) in [4.78, 5) is 15.4. The quantitative estimate of drug-likeness (QED) is 0.652. The third-order valence-electron chi connectivity index (χ3n) is 4.00. The van der Waals surface area contributed by atoms with Crippen LogP contribution in [0.15, 0.2) is 54.7 Å². The zero-order valence-corrected chi connectivity index (χ0v) is 13.5. The number of aromatic amines is 1. The van der Waals surface area contributed by atoms with Crippen molar-refractivity contribution < 1.29 is 14.6 Å². The molecule has 0 aliphatic rings. The first-order chi connectivity index (χ1) is 11.7. The van der Waals surface area contributed by atoms with Gasteiger partial charge in [0.1, 0.15) is 5.75 Å². The number of amides is 1. The number of rotatable bonds is 6. The molecule has 0 fully saturated rings. The molecule has 0 saturated heterocycles. The van der Waals surface area contributed by atoms with E-state index in [1.807, 2.05) is 54.7 Å². The predicted octanol–water partition coefficient (Wildman–Crippen LogP) is 2.57. The SMILES string of the molecule is COc1cccc2[nH]cc(CC(=O)NCC(O)c3ccccc3)c12. The van der Waals surface area contributed by atoms with Crippen LogP contribution in [0.1, 0.15) is 17.2 Å². The van der Waals surface area contributed by atoms with Crippen LogP contribution in [0.25, 0.3) is 10.9 Å². The van der Waals surface area contributed by atoms with Gasteiger partial charge < -0.3 is 20.1 Å². The van der Waals surface area contributed by atoms with Crippen LogP contribution in [0, 0.1) is 0 Å². The maximum absolute atomic E-state index is 12.2. The zero-order chi connectivity index (χ0) is 16.9. The number of aliphatic hydroxyl groups excluding tert-OH is 1. The number of aliphatic hydroxyl groups is 1. The molecule has 2 aromatic carbocycles. The third kappa shape index (κ3) is 3.41. The second kappa shape index (κ2) is 7.19. The van der Waals surface area contributed by atoms with Gasteiger partial charge in [-0.25, -0.2) is 0 Å². The minimum Gasteiger partial charge on any atom is -0.496 e. The molecule has 1 heterocycles. The zero-order valence-electron chi connectivity index (χ0n) is 13.5. The van der Waals surface area contributed by atoms with Gasteiger partial charge in [-0.2, -0.15) is 0 Å². The number of aromatic nitrogens is 1. The number of fused-ring (bicyclic) bond motifs is 1. The molecule has 0 spiro atoms. The molecule has 3 rings (SSSR count). The van der Waals surface area contributed by atoms with Crippen molar-refractivity contribution in [1.29, 1.82) is 0 Å². The molecule has 1 atom stereocenters. The second-order valence-electron chi connectivity index (χ2n) is 5.60. The lowest BCUT2D eigenvalue weighted by atomic mass is 10.1. The second-order valence-corrected chi connectivity index (χ2v) is 5.60. The van der Waals surface area contributed by atoms with Crippen LogP contribution in [-0.4, -0.2) is 29.7 Å². The van der Waals surface area contributed by atoms with Crippen molar-refractivity contribution in [2.75, 3.05) is 13.7 Å². The Labute approximate surface area is 140 Å². The molecular weight excluding hydrogens is 304 g/mol. The number of ether oxygens (including phenoxy) is 1. The average molecular weight is 324 g/mol. The predicted molar refractivity (Wildman–Crippen MR) is 93.0 cm³/mol. The fourth-order valence-corrected chi connectivity index (χ4v) is 2.77. The summed E-state index contributed by atoms with van der Waals surface area (Å²) in [6.07, 6.45) is 1.33. The van der Waals surface area contributed by atoms with Gasteiger partial charge >= 0.3 is 0 Å². The van der Waals surface area contributed by atoms with E-state index in [0.29, 0.717) is 0 Å². The Morgan fingerprint density at radius 1 is 1.21 bits per heavy atom. The van der Waals surface area contributed by atoms with Gasteiger partial charge in [-0.05, 0) is 23.3 Å². The smallest absolute Gasteiger partial charge is 0.224 e. The maximum atomic E-state index is 12.2. The lowest BCUT2D eigenvalue weighted by Gasteiger charge is -2.12. The lowest BCUT2D eigenvalue weighted by Crippen LogP contribution is -2.29. The Bertz CT molecular complexity index is 827. The van der Waals surface area contributed by atoms with Crippen molar-refractivity contribution in [2.24, 2.45) is 0 Å². The van der Waals surface area contributed by atoms with E-state index in [1.54, 1.807) is 7.11 Å². The third-order valence-corrected chi connectivity index (χ3v) is 4.00. The Hall–Kier alpha value is -2.79. The molecule has 0 aliphatic carbocycles. The van der Waals surface area contributed by atoms with E-state index in [-0.39, 0.29) is 18.9 Å². The van der Waals surface area contributed by atoms with Crippen LogP contribution in [0.3, 0.4) is 0 Å². The van der Waals surface area contributed by atoms with Gasteiger partial charge in [0.25, 0.3) is 0 Å². The summed E-state index contributed by atoms with van der Waals surface area (Å²) in [6.45, 7) is 0.183. The van der Waals surface area contributed by atoms with E-state index >= 15 is 0 Å². The van der Waals surface area contributed by atoms with E-state index in [2.05, 4.69) is 10.3 Å². The summed E-state index contributed by atoms with van der Waals surface area (Å²) in [5, 5.41) is 13.8. The Morgan fingerprint density at radius 2 is 2.00 bits per heavy atom. The summed E-state index contributed by atoms with van der Waals surface area (Å²) in [5.74, 6) is 0.595. The Kier molecular flexibility index (Phi) is 4.82. The number of carbonyl (C=O) groups is 1. The van der Waals surface area contributed by atoms with Crippen LogP contribution in [0.2, 0.25) is 0 Å². The number of H-pyrrole nitrogens is 1. The van der Waals surface area contributed by atoms with Crippen molar-refractivity contribution in [2.45, 2.75) is 12.5 Å².